The van der Waals surface area contributed by atoms with Crippen LogP contribution in [-0.4, -0.2) is 22.1 Å². The molecule has 3 nitrogen and oxygen atoms in total. The van der Waals surface area contributed by atoms with Gasteiger partial charge in [-0.2, -0.15) is 5.26 Å². The molecule has 0 aliphatic rings. The predicted molar refractivity (Wildman–Crippen MR) is 68.8 cm³/mol. The van der Waals surface area contributed by atoms with Gasteiger partial charge < -0.3 is 10.2 Å². The molecule has 1 aromatic rings. The Bertz CT molecular complexity index is 412. The zero-order chi connectivity index (χ0) is 12.8. The lowest BCUT2D eigenvalue weighted by molar-refractivity contribution is 0.196. The SMILES string of the molecule is CC(CCO)Sc1cc(C#N)ccc1[C@H](C)O. The molecule has 2 atom stereocenters. The summed E-state index contributed by atoms with van der Waals surface area (Å²) in [5.74, 6) is 0. The van der Waals surface area contributed by atoms with E-state index in [0.717, 1.165) is 10.5 Å². The highest BCUT2D eigenvalue weighted by Gasteiger charge is 2.12. The zero-order valence-corrected chi connectivity index (χ0v) is 10.9. The molecule has 1 aromatic carbocycles. The number of aliphatic hydroxyl groups is 2. The Morgan fingerprint density at radius 3 is 2.65 bits per heavy atom. The Hall–Kier alpha value is -1.02. The zero-order valence-electron chi connectivity index (χ0n) is 10.1. The van der Waals surface area contributed by atoms with Gasteiger partial charge in [-0.1, -0.05) is 13.0 Å². The standard InChI is InChI=1S/C13H17NO2S/c1-9(5-6-15)17-13-7-11(8-14)3-4-12(13)10(2)16/h3-4,7,9-10,15-16H,5-6H2,1-2H3/t9?,10-/m0/s1. The van der Waals surface area contributed by atoms with Crippen LogP contribution in [0.25, 0.3) is 0 Å². The first-order valence-electron chi connectivity index (χ1n) is 5.58. The lowest BCUT2D eigenvalue weighted by Gasteiger charge is -2.15. The summed E-state index contributed by atoms with van der Waals surface area (Å²) >= 11 is 1.58. The van der Waals surface area contributed by atoms with Crippen molar-refractivity contribution in [3.8, 4) is 6.07 Å². The molecule has 0 aliphatic heterocycles. The van der Waals surface area contributed by atoms with Crippen molar-refractivity contribution in [1.29, 1.82) is 5.26 Å². The van der Waals surface area contributed by atoms with Crippen molar-refractivity contribution in [2.45, 2.75) is 36.5 Å². The first kappa shape index (κ1) is 14.0. The summed E-state index contributed by atoms with van der Waals surface area (Å²) in [5.41, 5.74) is 1.42. The highest BCUT2D eigenvalue weighted by molar-refractivity contribution is 8.00. The minimum absolute atomic E-state index is 0.149. The van der Waals surface area contributed by atoms with E-state index >= 15 is 0 Å². The van der Waals surface area contributed by atoms with Gasteiger partial charge in [-0.25, -0.2) is 0 Å². The molecule has 1 rings (SSSR count). The van der Waals surface area contributed by atoms with Crippen LogP contribution in [0.15, 0.2) is 23.1 Å². The molecule has 0 aromatic heterocycles. The molecule has 0 aliphatic carbocycles. The van der Waals surface area contributed by atoms with E-state index in [1.807, 2.05) is 6.92 Å². The van der Waals surface area contributed by atoms with Gasteiger partial charge in [0.1, 0.15) is 0 Å². The number of aliphatic hydroxyl groups excluding tert-OH is 2. The van der Waals surface area contributed by atoms with Gasteiger partial charge in [0.25, 0.3) is 0 Å². The largest absolute Gasteiger partial charge is 0.396 e. The maximum absolute atomic E-state index is 9.67. The second-order valence-electron chi connectivity index (χ2n) is 3.98. The van der Waals surface area contributed by atoms with E-state index in [2.05, 4.69) is 6.07 Å². The average molecular weight is 251 g/mol. The van der Waals surface area contributed by atoms with E-state index in [9.17, 15) is 5.11 Å². The molecule has 0 saturated carbocycles. The number of benzene rings is 1. The van der Waals surface area contributed by atoms with E-state index in [-0.39, 0.29) is 11.9 Å². The minimum Gasteiger partial charge on any atom is -0.396 e. The smallest absolute Gasteiger partial charge is 0.0992 e. The van der Waals surface area contributed by atoms with Gasteiger partial charge in [0.15, 0.2) is 0 Å². The van der Waals surface area contributed by atoms with Gasteiger partial charge >= 0.3 is 0 Å². The average Bonchev–Trinajstić information content (AvgIpc) is 2.28. The van der Waals surface area contributed by atoms with Crippen molar-refractivity contribution < 1.29 is 10.2 Å². The Morgan fingerprint density at radius 1 is 1.41 bits per heavy atom. The summed E-state index contributed by atoms with van der Waals surface area (Å²) in [6, 6.07) is 7.39. The van der Waals surface area contributed by atoms with Crippen molar-refractivity contribution in [2.24, 2.45) is 0 Å². The Kier molecular flexibility index (Phi) is 5.49. The van der Waals surface area contributed by atoms with Crippen LogP contribution in [0.1, 0.15) is 37.5 Å². The summed E-state index contributed by atoms with van der Waals surface area (Å²) in [5, 5.41) is 27.7. The summed E-state index contributed by atoms with van der Waals surface area (Å²) in [6.45, 7) is 3.88. The molecule has 0 fully saturated rings. The van der Waals surface area contributed by atoms with E-state index in [0.29, 0.717) is 12.0 Å². The first-order valence-corrected chi connectivity index (χ1v) is 6.46. The molecule has 92 valence electrons. The molecule has 4 heteroatoms. The van der Waals surface area contributed by atoms with Gasteiger partial charge in [0, 0.05) is 16.8 Å². The molecule has 1 unspecified atom stereocenters. The van der Waals surface area contributed by atoms with E-state index in [4.69, 9.17) is 10.4 Å². The molecule has 0 radical (unpaired) electrons. The van der Waals surface area contributed by atoms with Gasteiger partial charge in [0.2, 0.25) is 0 Å². The fraction of sp³-hybridized carbons (Fsp3) is 0.462. The van der Waals surface area contributed by atoms with Gasteiger partial charge in [-0.3, -0.25) is 0 Å². The van der Waals surface area contributed by atoms with Crippen LogP contribution >= 0.6 is 11.8 Å². The number of hydrogen-bond donors (Lipinski definition) is 2. The first-order chi connectivity index (χ1) is 8.08. The van der Waals surface area contributed by atoms with Gasteiger partial charge in [-0.05, 0) is 31.0 Å². The summed E-state index contributed by atoms with van der Waals surface area (Å²) in [4.78, 5) is 0.917. The van der Waals surface area contributed by atoms with E-state index in [1.165, 1.54) is 0 Å². The highest BCUT2D eigenvalue weighted by Crippen LogP contribution is 2.32. The fourth-order valence-electron chi connectivity index (χ4n) is 1.51. The second-order valence-corrected chi connectivity index (χ2v) is 5.46. The lowest BCUT2D eigenvalue weighted by Crippen LogP contribution is -2.02. The van der Waals surface area contributed by atoms with Crippen LogP contribution < -0.4 is 0 Å². The molecular weight excluding hydrogens is 234 g/mol. The maximum atomic E-state index is 9.67. The Morgan fingerprint density at radius 2 is 2.12 bits per heavy atom. The predicted octanol–water partition coefficient (Wildman–Crippen LogP) is 2.47. The third-order valence-corrected chi connectivity index (χ3v) is 3.70. The van der Waals surface area contributed by atoms with Crippen LogP contribution in [0.3, 0.4) is 0 Å². The summed E-state index contributed by atoms with van der Waals surface area (Å²) in [7, 11) is 0. The monoisotopic (exact) mass is 251 g/mol. The Balaban J connectivity index is 2.97. The van der Waals surface area contributed by atoms with Crippen LogP contribution in [0.2, 0.25) is 0 Å². The van der Waals surface area contributed by atoms with E-state index in [1.54, 1.807) is 36.9 Å². The van der Waals surface area contributed by atoms with Crippen molar-refractivity contribution in [2.75, 3.05) is 6.61 Å². The van der Waals surface area contributed by atoms with Crippen molar-refractivity contribution in [3.63, 3.8) is 0 Å². The molecule has 0 saturated heterocycles. The van der Waals surface area contributed by atoms with Crippen molar-refractivity contribution in [3.05, 3.63) is 29.3 Å². The molecular formula is C13H17NO2S. The second kappa shape index (κ2) is 6.65. The fourth-order valence-corrected chi connectivity index (χ4v) is 2.74. The molecule has 0 amide bonds. The molecule has 2 N–H and O–H groups in total. The van der Waals surface area contributed by atoms with Gasteiger partial charge in [0.05, 0.1) is 17.7 Å². The topological polar surface area (TPSA) is 64.2 Å². The summed E-state index contributed by atoms with van der Waals surface area (Å²) in [6.07, 6.45) is 0.146. The van der Waals surface area contributed by atoms with Crippen LogP contribution in [0.4, 0.5) is 0 Å². The molecule has 0 bridgehead atoms. The summed E-state index contributed by atoms with van der Waals surface area (Å²) < 4.78 is 0. The number of nitrogens with zero attached hydrogens (tertiary/aromatic N) is 1. The normalized spacial score (nSPS) is 14.1. The minimum atomic E-state index is -0.549. The van der Waals surface area contributed by atoms with Crippen molar-refractivity contribution >= 4 is 11.8 Å². The maximum Gasteiger partial charge on any atom is 0.0992 e. The van der Waals surface area contributed by atoms with E-state index < -0.39 is 6.10 Å². The number of thioether (sulfide) groups is 1. The number of rotatable bonds is 5. The molecule has 0 spiro atoms. The van der Waals surface area contributed by atoms with Crippen LogP contribution in [-0.2, 0) is 0 Å². The lowest BCUT2D eigenvalue weighted by atomic mass is 10.1. The number of hydrogen-bond acceptors (Lipinski definition) is 4. The quantitative estimate of drug-likeness (QED) is 0.789. The third kappa shape index (κ3) is 4.04. The molecule has 17 heavy (non-hydrogen) atoms. The number of nitriles is 1. The molecule has 0 heterocycles. The van der Waals surface area contributed by atoms with Crippen molar-refractivity contribution in [1.82, 2.24) is 0 Å². The highest BCUT2D eigenvalue weighted by atomic mass is 32.2. The Labute approximate surface area is 106 Å². The third-order valence-electron chi connectivity index (χ3n) is 2.46. The van der Waals surface area contributed by atoms with Crippen LogP contribution in [0, 0.1) is 11.3 Å². The van der Waals surface area contributed by atoms with Crippen LogP contribution in [0.5, 0.6) is 0 Å². The van der Waals surface area contributed by atoms with Gasteiger partial charge in [-0.15, -0.1) is 11.8 Å².